The zero-order chi connectivity index (χ0) is 31.0. The van der Waals surface area contributed by atoms with Crippen LogP contribution in [0.15, 0.2) is 110 Å². The topological polar surface area (TPSA) is 0 Å². The van der Waals surface area contributed by atoms with Gasteiger partial charge in [-0.1, -0.05) is 68.2 Å². The van der Waals surface area contributed by atoms with Gasteiger partial charge in [0.2, 0.25) is 0 Å². The van der Waals surface area contributed by atoms with Crippen LogP contribution in [0.25, 0.3) is 23.3 Å². The van der Waals surface area contributed by atoms with Gasteiger partial charge in [-0.2, -0.15) is 71.8 Å². The fraction of sp³-hybridized carbons (Fsp3) is 0.154. The SMILES string of the molecule is C=Cc1c[c-]c2c(c1)-c1cc(C=C)ccc1C2.CC(C)(C)C1=CC[C-]=C1.Cl.Cl.Fc1cc[c-]cc1.Fc1cc[c-]cc1.[CH2]=[Zr]. The number of fused-ring (bicyclic) bond motifs is 3. The molecule has 2 aliphatic rings. The van der Waals surface area contributed by atoms with Gasteiger partial charge in [-0.05, 0) is 12.0 Å². The van der Waals surface area contributed by atoms with Crippen LogP contribution in [-0.4, -0.2) is 4.21 Å². The van der Waals surface area contributed by atoms with E-state index in [1.54, 1.807) is 0 Å². The molecule has 0 unspecified atom stereocenters. The van der Waals surface area contributed by atoms with Crippen LogP contribution in [0.5, 0.6) is 0 Å². The van der Waals surface area contributed by atoms with Gasteiger partial charge in [0.1, 0.15) is 0 Å². The van der Waals surface area contributed by atoms with Crippen LogP contribution in [0.1, 0.15) is 49.4 Å². The molecule has 0 saturated heterocycles. The van der Waals surface area contributed by atoms with E-state index < -0.39 is 0 Å². The predicted octanol–water partition coefficient (Wildman–Crippen LogP) is 11.1. The van der Waals surface area contributed by atoms with E-state index >= 15 is 0 Å². The molecule has 0 radical (unpaired) electrons. The summed E-state index contributed by atoms with van der Waals surface area (Å²) in [6.07, 6.45) is 13.2. The van der Waals surface area contributed by atoms with Crippen LogP contribution in [0, 0.1) is 41.3 Å². The average molecular weight is 707 g/mol. The van der Waals surface area contributed by atoms with E-state index in [9.17, 15) is 8.78 Å². The fourth-order valence-corrected chi connectivity index (χ4v) is 4.02. The molecule has 0 heterocycles. The van der Waals surface area contributed by atoms with Crippen LogP contribution >= 0.6 is 24.8 Å². The Kier molecular flexibility index (Phi) is 20.2. The normalized spacial score (nSPS) is 11.1. The Labute approximate surface area is 290 Å². The summed E-state index contributed by atoms with van der Waals surface area (Å²) in [5.41, 5.74) is 9.31. The van der Waals surface area contributed by atoms with Gasteiger partial charge in [-0.15, -0.1) is 79.3 Å². The Morgan fingerprint density at radius 1 is 0.773 bits per heavy atom. The first-order valence-corrected chi connectivity index (χ1v) is 15.2. The zero-order valence-electron chi connectivity index (χ0n) is 25.4. The van der Waals surface area contributed by atoms with Crippen molar-refractivity contribution in [3.63, 3.8) is 0 Å². The molecular weight excluding hydrogens is 669 g/mol. The summed E-state index contributed by atoms with van der Waals surface area (Å²) in [6.45, 7) is 14.3. The maximum atomic E-state index is 11.9. The van der Waals surface area contributed by atoms with Crippen LogP contribution in [0.2, 0.25) is 0 Å². The Balaban J connectivity index is 0.000000586. The van der Waals surface area contributed by atoms with Gasteiger partial charge in [0, 0.05) is 11.6 Å². The number of rotatable bonds is 2. The van der Waals surface area contributed by atoms with E-state index in [0.717, 1.165) is 18.4 Å². The molecule has 0 spiro atoms. The van der Waals surface area contributed by atoms with Crippen LogP contribution < -0.4 is 0 Å². The van der Waals surface area contributed by atoms with Crippen molar-refractivity contribution in [3.8, 4) is 11.1 Å². The van der Waals surface area contributed by atoms with Crippen LogP contribution in [-0.2, 0) is 30.7 Å². The minimum absolute atomic E-state index is 0. The second-order valence-electron chi connectivity index (χ2n) is 10.2. The van der Waals surface area contributed by atoms with E-state index in [2.05, 4.69) is 98.8 Å². The molecular formula is C39H38Cl2F2Zr-4. The van der Waals surface area contributed by atoms with E-state index in [-0.39, 0.29) is 36.4 Å². The molecule has 5 heteroatoms. The van der Waals surface area contributed by atoms with Gasteiger partial charge in [0.05, 0.1) is 0 Å². The van der Waals surface area contributed by atoms with Gasteiger partial charge in [-0.25, -0.2) is 14.9 Å². The van der Waals surface area contributed by atoms with Crippen molar-refractivity contribution < 1.29 is 33.0 Å². The molecule has 0 amide bonds. The molecule has 0 fully saturated rings. The number of hydrogen-bond acceptors (Lipinski definition) is 0. The zero-order valence-corrected chi connectivity index (χ0v) is 29.5. The van der Waals surface area contributed by atoms with Crippen molar-refractivity contribution in [2.24, 2.45) is 5.41 Å². The molecule has 0 saturated carbocycles. The number of halogens is 4. The predicted molar refractivity (Wildman–Crippen MR) is 186 cm³/mol. The third-order valence-corrected chi connectivity index (χ3v) is 6.23. The standard InChI is InChI=1S/C17H13.C9H13.2C6H4F.CH2.2ClH.Zr/c1-3-12-5-7-14-11-15-8-6-13(4-2)10-17(15)16(14)9-12;1-9(2,3)8-6-4-5-7-8;2*7-6-4-2-1-3-5-6;;;;/h3-7,9-10H,1-2,11H2;6-7H,4H2,1-3H3;2*2-5H;1H2;2*1H;/q4*-1;;;;. The van der Waals surface area contributed by atoms with Crippen molar-refractivity contribution in [2.75, 3.05) is 0 Å². The van der Waals surface area contributed by atoms with Crippen molar-refractivity contribution in [3.05, 3.63) is 168 Å². The van der Waals surface area contributed by atoms with Gasteiger partial charge in [0.25, 0.3) is 0 Å². The third kappa shape index (κ3) is 13.8. The number of benzene rings is 4. The van der Waals surface area contributed by atoms with E-state index in [4.69, 9.17) is 0 Å². The summed E-state index contributed by atoms with van der Waals surface area (Å²) >= 11 is 1.30. The quantitative estimate of drug-likeness (QED) is 0.160. The fourth-order valence-electron chi connectivity index (χ4n) is 4.02. The molecule has 0 bridgehead atoms. The summed E-state index contributed by atoms with van der Waals surface area (Å²) in [5.74, 6) is -0.419. The molecule has 0 N–H and O–H groups in total. The van der Waals surface area contributed by atoms with Crippen molar-refractivity contribution in [1.29, 1.82) is 0 Å². The Morgan fingerprint density at radius 3 is 1.68 bits per heavy atom. The second-order valence-corrected chi connectivity index (χ2v) is 10.2. The molecule has 0 atom stereocenters. The molecule has 44 heavy (non-hydrogen) atoms. The van der Waals surface area contributed by atoms with Gasteiger partial charge in [0.15, 0.2) is 0 Å². The molecule has 0 nitrogen and oxygen atoms in total. The van der Waals surface area contributed by atoms with E-state index in [0.29, 0.717) is 5.41 Å². The first-order valence-electron chi connectivity index (χ1n) is 13.5. The summed E-state index contributed by atoms with van der Waals surface area (Å²) in [7, 11) is 0. The van der Waals surface area contributed by atoms with Crippen molar-refractivity contribution >= 4 is 41.2 Å². The van der Waals surface area contributed by atoms with E-state index in [1.165, 1.54) is 106 Å². The average Bonchev–Trinajstić information content (AvgIpc) is 3.68. The molecule has 0 aliphatic heterocycles. The monoisotopic (exact) mass is 704 g/mol. The molecule has 0 aromatic heterocycles. The Morgan fingerprint density at radius 2 is 1.30 bits per heavy atom. The Bertz CT molecular complexity index is 1400. The summed E-state index contributed by atoms with van der Waals surface area (Å²) in [4.78, 5) is 0. The summed E-state index contributed by atoms with van der Waals surface area (Å²) in [5, 5.41) is 0. The third-order valence-electron chi connectivity index (χ3n) is 6.23. The van der Waals surface area contributed by atoms with E-state index in [1.807, 2.05) is 18.2 Å². The number of allylic oxidation sites excluding steroid dienone is 4. The summed E-state index contributed by atoms with van der Waals surface area (Å²) < 4.78 is 27.1. The molecule has 6 rings (SSSR count). The first-order chi connectivity index (χ1) is 20.2. The second kappa shape index (κ2) is 21.7. The molecule has 2 aliphatic carbocycles. The molecule has 4 aromatic rings. The van der Waals surface area contributed by atoms with Crippen LogP contribution in [0.4, 0.5) is 8.78 Å². The van der Waals surface area contributed by atoms with Gasteiger partial charge >= 0.3 is 28.4 Å². The van der Waals surface area contributed by atoms with Gasteiger partial charge in [-0.3, -0.25) is 6.08 Å². The molecule has 4 aromatic carbocycles. The number of hydrogen-bond donors (Lipinski definition) is 0. The van der Waals surface area contributed by atoms with Crippen LogP contribution in [0.3, 0.4) is 0 Å². The van der Waals surface area contributed by atoms with Crippen molar-refractivity contribution in [1.82, 2.24) is 0 Å². The minimum atomic E-state index is -0.209. The maximum absolute atomic E-state index is 11.9. The van der Waals surface area contributed by atoms with Crippen molar-refractivity contribution in [2.45, 2.75) is 33.6 Å². The Hall–Kier alpha value is -2.97. The van der Waals surface area contributed by atoms with Gasteiger partial charge < -0.3 is 0 Å². The molecule has 230 valence electrons. The summed E-state index contributed by atoms with van der Waals surface area (Å²) in [6, 6.07) is 31.0. The first kappa shape index (κ1) is 41.0.